The van der Waals surface area contributed by atoms with Crippen molar-refractivity contribution in [3.8, 4) is 0 Å². The summed E-state index contributed by atoms with van der Waals surface area (Å²) >= 11 is 1.75. The van der Waals surface area contributed by atoms with Gasteiger partial charge in [-0.2, -0.15) is 0 Å². The average molecular weight is 195 g/mol. The second-order valence-electron chi connectivity index (χ2n) is 3.90. The molecule has 0 atom stereocenters. The fraction of sp³-hybridized carbons (Fsp3) is 0.455. The molecule has 0 saturated carbocycles. The topological polar surface area (TPSA) is 26.0 Å². The molecule has 72 valence electrons. The smallest absolute Gasteiger partial charge is 0.0355 e. The third kappa shape index (κ3) is 2.48. The van der Waals surface area contributed by atoms with Crippen LogP contribution in [0.2, 0.25) is 0 Å². The molecule has 1 aromatic carbocycles. The van der Waals surface area contributed by atoms with Crippen molar-refractivity contribution in [3.63, 3.8) is 0 Å². The molecule has 0 bridgehead atoms. The molecule has 1 nitrogen and oxygen atoms in total. The van der Waals surface area contributed by atoms with E-state index in [4.69, 9.17) is 5.73 Å². The highest BCUT2D eigenvalue weighted by Gasteiger charge is 2.16. The minimum atomic E-state index is -0.240. The first-order valence-electron chi connectivity index (χ1n) is 4.39. The molecule has 0 saturated heterocycles. The molecule has 0 aromatic heterocycles. The minimum Gasteiger partial charge on any atom is -0.322 e. The van der Waals surface area contributed by atoms with E-state index in [0.717, 1.165) is 0 Å². The first kappa shape index (κ1) is 10.6. The normalized spacial score (nSPS) is 11.8. The summed E-state index contributed by atoms with van der Waals surface area (Å²) in [5, 5.41) is 0. The molecular formula is C11H17NS. The highest BCUT2D eigenvalue weighted by Crippen LogP contribution is 2.25. The molecule has 0 fully saturated rings. The fourth-order valence-corrected chi connectivity index (χ4v) is 1.86. The molecule has 0 aliphatic rings. The Labute approximate surface area is 84.7 Å². The van der Waals surface area contributed by atoms with Crippen LogP contribution in [0.3, 0.4) is 0 Å². The summed E-state index contributed by atoms with van der Waals surface area (Å²) in [6.07, 6.45) is 2.08. The van der Waals surface area contributed by atoms with E-state index in [-0.39, 0.29) is 5.54 Å². The van der Waals surface area contributed by atoms with Gasteiger partial charge in [0.05, 0.1) is 0 Å². The molecule has 0 aliphatic carbocycles. The first-order valence-corrected chi connectivity index (χ1v) is 5.61. The zero-order valence-corrected chi connectivity index (χ0v) is 9.53. The molecule has 1 rings (SSSR count). The predicted molar refractivity (Wildman–Crippen MR) is 60.2 cm³/mol. The molecule has 0 spiro atoms. The summed E-state index contributed by atoms with van der Waals surface area (Å²) in [4.78, 5) is 1.28. The van der Waals surface area contributed by atoms with E-state index in [1.165, 1.54) is 16.0 Å². The zero-order valence-electron chi connectivity index (χ0n) is 8.72. The Balaban J connectivity index is 3.19. The maximum absolute atomic E-state index is 6.07. The Bertz CT molecular complexity index is 299. The van der Waals surface area contributed by atoms with Crippen LogP contribution in [-0.2, 0) is 5.54 Å². The Hall–Kier alpha value is -0.470. The van der Waals surface area contributed by atoms with Crippen molar-refractivity contribution < 1.29 is 0 Å². The lowest BCUT2D eigenvalue weighted by molar-refractivity contribution is 0.549. The number of aryl methyl sites for hydroxylation is 1. The maximum Gasteiger partial charge on any atom is 0.0355 e. The number of benzene rings is 1. The minimum absolute atomic E-state index is 0.240. The van der Waals surface area contributed by atoms with Crippen molar-refractivity contribution in [2.24, 2.45) is 5.73 Å². The van der Waals surface area contributed by atoms with Crippen LogP contribution >= 0.6 is 11.8 Å². The Morgan fingerprint density at radius 2 is 1.92 bits per heavy atom. The third-order valence-corrected chi connectivity index (χ3v) is 2.86. The molecule has 2 heteroatoms. The lowest BCUT2D eigenvalue weighted by atomic mass is 9.92. The van der Waals surface area contributed by atoms with Gasteiger partial charge in [-0.1, -0.05) is 6.07 Å². The number of hydrogen-bond donors (Lipinski definition) is 1. The van der Waals surface area contributed by atoms with Crippen LogP contribution < -0.4 is 5.73 Å². The number of thioether (sulfide) groups is 1. The Morgan fingerprint density at radius 1 is 1.31 bits per heavy atom. The van der Waals surface area contributed by atoms with E-state index in [1.807, 2.05) is 13.8 Å². The van der Waals surface area contributed by atoms with Crippen molar-refractivity contribution in [1.29, 1.82) is 0 Å². The van der Waals surface area contributed by atoms with Gasteiger partial charge in [-0.15, -0.1) is 11.8 Å². The fourth-order valence-electron chi connectivity index (χ4n) is 1.42. The zero-order chi connectivity index (χ0) is 10.1. The largest absolute Gasteiger partial charge is 0.322 e. The molecule has 0 radical (unpaired) electrons. The summed E-state index contributed by atoms with van der Waals surface area (Å²) in [6.45, 7) is 6.19. The molecule has 0 aliphatic heterocycles. The van der Waals surface area contributed by atoms with Gasteiger partial charge >= 0.3 is 0 Å². The predicted octanol–water partition coefficient (Wildman–Crippen LogP) is 2.91. The summed E-state index contributed by atoms with van der Waals surface area (Å²) < 4.78 is 0. The van der Waals surface area contributed by atoms with E-state index in [0.29, 0.717) is 0 Å². The van der Waals surface area contributed by atoms with Crippen molar-refractivity contribution in [1.82, 2.24) is 0 Å². The van der Waals surface area contributed by atoms with Gasteiger partial charge < -0.3 is 5.73 Å². The van der Waals surface area contributed by atoms with Gasteiger partial charge in [0.25, 0.3) is 0 Å². The molecule has 0 amide bonds. The second-order valence-corrected chi connectivity index (χ2v) is 4.78. The first-order chi connectivity index (χ1) is 5.95. The van der Waals surface area contributed by atoms with Gasteiger partial charge in [-0.3, -0.25) is 0 Å². The Morgan fingerprint density at radius 3 is 2.38 bits per heavy atom. The number of rotatable bonds is 2. The van der Waals surface area contributed by atoms with E-state index < -0.39 is 0 Å². The van der Waals surface area contributed by atoms with Crippen molar-refractivity contribution in [3.05, 3.63) is 29.3 Å². The van der Waals surface area contributed by atoms with Crippen LogP contribution in [0.15, 0.2) is 23.1 Å². The molecule has 2 N–H and O–H groups in total. The second kappa shape index (κ2) is 3.72. The SMILES string of the molecule is CSc1ccc(C)c(C(C)(C)N)c1. The van der Waals surface area contributed by atoms with Crippen LogP contribution in [0.4, 0.5) is 0 Å². The molecular weight excluding hydrogens is 178 g/mol. The lowest BCUT2D eigenvalue weighted by Gasteiger charge is -2.22. The van der Waals surface area contributed by atoms with Gasteiger partial charge in [0.15, 0.2) is 0 Å². The Kier molecular flexibility index (Phi) is 3.04. The molecule has 0 heterocycles. The van der Waals surface area contributed by atoms with Crippen LogP contribution in [0, 0.1) is 6.92 Å². The summed E-state index contributed by atoms with van der Waals surface area (Å²) in [7, 11) is 0. The maximum atomic E-state index is 6.07. The monoisotopic (exact) mass is 195 g/mol. The molecule has 13 heavy (non-hydrogen) atoms. The number of nitrogens with two attached hydrogens (primary N) is 1. The van der Waals surface area contributed by atoms with Crippen LogP contribution in [0.25, 0.3) is 0 Å². The van der Waals surface area contributed by atoms with Gasteiger partial charge in [0.2, 0.25) is 0 Å². The van der Waals surface area contributed by atoms with Crippen molar-refractivity contribution in [2.45, 2.75) is 31.2 Å². The highest BCUT2D eigenvalue weighted by atomic mass is 32.2. The number of hydrogen-bond acceptors (Lipinski definition) is 2. The summed E-state index contributed by atoms with van der Waals surface area (Å²) in [5.74, 6) is 0. The van der Waals surface area contributed by atoms with Crippen LogP contribution in [0.5, 0.6) is 0 Å². The van der Waals surface area contributed by atoms with Gasteiger partial charge in [0, 0.05) is 10.4 Å². The van der Waals surface area contributed by atoms with Gasteiger partial charge in [-0.25, -0.2) is 0 Å². The van der Waals surface area contributed by atoms with Gasteiger partial charge in [0.1, 0.15) is 0 Å². The lowest BCUT2D eigenvalue weighted by Crippen LogP contribution is -2.29. The third-order valence-electron chi connectivity index (χ3n) is 2.14. The quantitative estimate of drug-likeness (QED) is 0.734. The van der Waals surface area contributed by atoms with Crippen molar-refractivity contribution >= 4 is 11.8 Å². The summed E-state index contributed by atoms with van der Waals surface area (Å²) in [6, 6.07) is 6.45. The van der Waals surface area contributed by atoms with Crippen LogP contribution in [-0.4, -0.2) is 6.26 Å². The standard InChI is InChI=1S/C11H17NS/c1-8-5-6-9(13-4)7-10(8)11(2,3)12/h5-7H,12H2,1-4H3. The van der Waals surface area contributed by atoms with E-state index in [9.17, 15) is 0 Å². The van der Waals surface area contributed by atoms with Crippen molar-refractivity contribution in [2.75, 3.05) is 6.26 Å². The van der Waals surface area contributed by atoms with Crippen LogP contribution in [0.1, 0.15) is 25.0 Å². The average Bonchev–Trinajstić information content (AvgIpc) is 2.03. The highest BCUT2D eigenvalue weighted by molar-refractivity contribution is 7.98. The molecule has 0 unspecified atom stereocenters. The van der Waals surface area contributed by atoms with E-state index >= 15 is 0 Å². The van der Waals surface area contributed by atoms with E-state index in [2.05, 4.69) is 31.4 Å². The summed E-state index contributed by atoms with van der Waals surface area (Å²) in [5.41, 5.74) is 8.34. The van der Waals surface area contributed by atoms with Gasteiger partial charge in [-0.05, 0) is 50.3 Å². The van der Waals surface area contributed by atoms with E-state index in [1.54, 1.807) is 11.8 Å². The molecule has 1 aromatic rings.